The second kappa shape index (κ2) is 14.9. The molecule has 0 aliphatic carbocycles. The molecule has 3 rings (SSSR count). The fourth-order valence-electron chi connectivity index (χ4n) is 5.51. The Labute approximate surface area is 230 Å². The lowest BCUT2D eigenvalue weighted by Gasteiger charge is -2.45. The van der Waals surface area contributed by atoms with Gasteiger partial charge >= 0.3 is 5.97 Å². The molecule has 0 aromatic rings. The molecule has 3 aliphatic rings. The lowest BCUT2D eigenvalue weighted by molar-refractivity contribution is -0.242. The van der Waals surface area contributed by atoms with Gasteiger partial charge in [0, 0.05) is 17.8 Å². The fourth-order valence-corrected chi connectivity index (χ4v) is 5.51. The molecule has 0 spiro atoms. The highest BCUT2D eigenvalue weighted by Gasteiger charge is 2.49. The molecule has 0 saturated carbocycles. The Balaban J connectivity index is 1.64. The number of aliphatic hydroxyl groups excluding tert-OH is 9. The second-order valence-electron chi connectivity index (χ2n) is 10.6. The Hall–Kier alpha value is -1.09. The summed E-state index contributed by atoms with van der Waals surface area (Å²) in [7, 11) is 0. The SMILES string of the molecule is CC1O[C@@H](COCC2[C@H](O)C(CO)OC(CO)[C@@H]2COCC2OC(C(=O)O)[C@@H](CO)C(O)[C@@H]2O)C(O)C(O)[C@@H]1O. The molecule has 0 amide bonds. The third-order valence-corrected chi connectivity index (χ3v) is 8.03. The van der Waals surface area contributed by atoms with Crippen LogP contribution in [0.1, 0.15) is 6.92 Å². The lowest BCUT2D eigenvalue weighted by Crippen LogP contribution is -2.59. The van der Waals surface area contributed by atoms with Crippen molar-refractivity contribution in [3.8, 4) is 0 Å². The number of ether oxygens (including phenoxy) is 5. The maximum absolute atomic E-state index is 11.5. The molecule has 16 nitrogen and oxygen atoms in total. The fraction of sp³-hybridized carbons (Fsp3) is 0.958. The van der Waals surface area contributed by atoms with Crippen LogP contribution in [0.25, 0.3) is 0 Å². The Morgan fingerprint density at radius 2 is 1.12 bits per heavy atom. The van der Waals surface area contributed by atoms with Crippen LogP contribution in [0.15, 0.2) is 0 Å². The molecule has 3 aliphatic heterocycles. The lowest BCUT2D eigenvalue weighted by atomic mass is 9.80. The van der Waals surface area contributed by atoms with Crippen LogP contribution in [0.3, 0.4) is 0 Å². The van der Waals surface area contributed by atoms with Crippen molar-refractivity contribution < 1.29 is 79.5 Å². The average Bonchev–Trinajstić information content (AvgIpc) is 2.93. The van der Waals surface area contributed by atoms with E-state index in [-0.39, 0.29) is 26.4 Å². The minimum atomic E-state index is -1.59. The number of rotatable bonds is 12. The molecule has 3 saturated heterocycles. The number of hydrogen-bond donors (Lipinski definition) is 10. The number of aliphatic carboxylic acids is 1. The second-order valence-corrected chi connectivity index (χ2v) is 10.6. The predicted molar refractivity (Wildman–Crippen MR) is 129 cm³/mol. The van der Waals surface area contributed by atoms with Gasteiger partial charge < -0.3 is 74.7 Å². The van der Waals surface area contributed by atoms with Gasteiger partial charge in [0.25, 0.3) is 0 Å². The molecule has 16 heteroatoms. The largest absolute Gasteiger partial charge is 0.479 e. The van der Waals surface area contributed by atoms with Crippen LogP contribution in [0, 0.1) is 17.8 Å². The maximum Gasteiger partial charge on any atom is 0.333 e. The highest BCUT2D eigenvalue weighted by molar-refractivity contribution is 5.73. The van der Waals surface area contributed by atoms with Crippen molar-refractivity contribution in [1.29, 1.82) is 0 Å². The van der Waals surface area contributed by atoms with Crippen molar-refractivity contribution in [3.05, 3.63) is 0 Å². The predicted octanol–water partition coefficient (Wildman–Crippen LogP) is -5.58. The van der Waals surface area contributed by atoms with E-state index in [2.05, 4.69) is 0 Å². The van der Waals surface area contributed by atoms with Gasteiger partial charge in [-0.15, -0.1) is 0 Å². The maximum atomic E-state index is 11.5. The molecular weight excluding hydrogens is 544 g/mol. The normalized spacial score (nSPS) is 46.3. The van der Waals surface area contributed by atoms with Crippen LogP contribution in [-0.4, -0.2) is 177 Å². The van der Waals surface area contributed by atoms with Crippen molar-refractivity contribution in [2.24, 2.45) is 17.8 Å². The molecule has 9 unspecified atom stereocenters. The molecule has 0 bridgehead atoms. The van der Waals surface area contributed by atoms with E-state index in [0.29, 0.717) is 0 Å². The summed E-state index contributed by atoms with van der Waals surface area (Å²) in [5.74, 6) is -4.21. The summed E-state index contributed by atoms with van der Waals surface area (Å²) in [6.07, 6.45) is -15.2. The summed E-state index contributed by atoms with van der Waals surface area (Å²) >= 11 is 0. The molecular formula is C24H42O16. The minimum Gasteiger partial charge on any atom is -0.479 e. The smallest absolute Gasteiger partial charge is 0.333 e. The zero-order valence-electron chi connectivity index (χ0n) is 22.0. The van der Waals surface area contributed by atoms with Crippen molar-refractivity contribution in [2.45, 2.75) is 80.2 Å². The van der Waals surface area contributed by atoms with Gasteiger partial charge in [-0.3, -0.25) is 0 Å². The van der Waals surface area contributed by atoms with Gasteiger partial charge in [0.05, 0.1) is 70.7 Å². The quantitative estimate of drug-likeness (QED) is 0.102. The monoisotopic (exact) mass is 586 g/mol. The molecule has 234 valence electrons. The first-order chi connectivity index (χ1) is 19.0. The third-order valence-electron chi connectivity index (χ3n) is 8.03. The molecule has 3 heterocycles. The van der Waals surface area contributed by atoms with E-state index in [1.807, 2.05) is 0 Å². The number of aliphatic hydroxyl groups is 9. The highest BCUT2D eigenvalue weighted by Crippen LogP contribution is 2.33. The molecule has 0 aromatic heterocycles. The molecule has 0 radical (unpaired) electrons. The van der Waals surface area contributed by atoms with Crippen molar-refractivity contribution >= 4 is 5.97 Å². The van der Waals surface area contributed by atoms with Gasteiger partial charge in [0.1, 0.15) is 42.7 Å². The van der Waals surface area contributed by atoms with Crippen LogP contribution >= 0.6 is 0 Å². The number of carboxylic acids is 1. The van der Waals surface area contributed by atoms with E-state index in [1.165, 1.54) is 6.92 Å². The first kappa shape index (κ1) is 33.4. The first-order valence-electron chi connectivity index (χ1n) is 13.2. The van der Waals surface area contributed by atoms with E-state index in [9.17, 15) is 55.9 Å². The van der Waals surface area contributed by atoms with Gasteiger partial charge in [0.15, 0.2) is 6.10 Å². The number of carbonyl (C=O) groups is 1. The Morgan fingerprint density at radius 3 is 1.68 bits per heavy atom. The minimum absolute atomic E-state index is 0.175. The van der Waals surface area contributed by atoms with Gasteiger partial charge in [-0.05, 0) is 6.92 Å². The number of carboxylic acid groups (broad SMARTS) is 1. The zero-order chi connectivity index (χ0) is 29.7. The first-order valence-corrected chi connectivity index (χ1v) is 13.2. The molecule has 40 heavy (non-hydrogen) atoms. The van der Waals surface area contributed by atoms with Crippen molar-refractivity contribution in [3.63, 3.8) is 0 Å². The summed E-state index contributed by atoms with van der Waals surface area (Å²) in [4.78, 5) is 11.5. The van der Waals surface area contributed by atoms with E-state index in [1.54, 1.807) is 0 Å². The molecule has 0 aromatic carbocycles. The topological polar surface area (TPSA) is 266 Å². The van der Waals surface area contributed by atoms with Crippen molar-refractivity contribution in [2.75, 3.05) is 46.2 Å². The van der Waals surface area contributed by atoms with Gasteiger partial charge in [-0.1, -0.05) is 0 Å². The summed E-state index contributed by atoms with van der Waals surface area (Å²) in [5, 5.41) is 100.0. The van der Waals surface area contributed by atoms with E-state index < -0.39 is 117 Å². The van der Waals surface area contributed by atoms with E-state index in [0.717, 1.165) is 0 Å². The van der Waals surface area contributed by atoms with Crippen molar-refractivity contribution in [1.82, 2.24) is 0 Å². The van der Waals surface area contributed by atoms with Crippen LogP contribution in [0.2, 0.25) is 0 Å². The molecule has 15 atom stereocenters. The van der Waals surface area contributed by atoms with Gasteiger partial charge in [0.2, 0.25) is 0 Å². The van der Waals surface area contributed by atoms with E-state index >= 15 is 0 Å². The molecule has 3 fully saturated rings. The summed E-state index contributed by atoms with van der Waals surface area (Å²) < 4.78 is 27.8. The van der Waals surface area contributed by atoms with Gasteiger partial charge in [-0.25, -0.2) is 4.79 Å². The summed E-state index contributed by atoms with van der Waals surface area (Å²) in [5.41, 5.74) is 0. The Morgan fingerprint density at radius 1 is 0.575 bits per heavy atom. The zero-order valence-corrected chi connectivity index (χ0v) is 22.0. The van der Waals surface area contributed by atoms with Gasteiger partial charge in [-0.2, -0.15) is 0 Å². The highest BCUT2D eigenvalue weighted by atomic mass is 16.6. The van der Waals surface area contributed by atoms with Crippen LogP contribution in [0.4, 0.5) is 0 Å². The average molecular weight is 587 g/mol. The standard InChI is InChI=1S/C24H42O16/c1-9-17(28)22(33)21(32)15(38-9)7-37-6-12-11(13(3-26)39-14(4-27)18(12)29)5-36-8-16-20(31)19(30)10(2-25)23(40-16)24(34)35/h9-23,25-33H,2-8H2,1H3,(H,34,35)/t9?,10-,11+,12?,13?,14?,15-,16?,17+,18-,19?,20+,21?,22?,23?/m0/s1. The number of hydrogen-bond acceptors (Lipinski definition) is 15. The summed E-state index contributed by atoms with van der Waals surface area (Å²) in [6.45, 7) is -1.27. The van der Waals surface area contributed by atoms with E-state index in [4.69, 9.17) is 23.7 Å². The molecule has 10 N–H and O–H groups in total. The van der Waals surface area contributed by atoms with Crippen LogP contribution in [0.5, 0.6) is 0 Å². The Bertz CT molecular complexity index is 788. The van der Waals surface area contributed by atoms with Crippen LogP contribution < -0.4 is 0 Å². The van der Waals surface area contributed by atoms with Crippen LogP contribution in [-0.2, 0) is 28.5 Å². The third kappa shape index (κ3) is 7.27. The summed E-state index contributed by atoms with van der Waals surface area (Å²) in [6, 6.07) is 0. The Kier molecular flexibility index (Phi) is 12.4.